The minimum atomic E-state index is -4.57. The molecule has 0 bridgehead atoms. The second-order valence-electron chi connectivity index (χ2n) is 4.92. The molecule has 0 aliphatic heterocycles. The second-order valence-corrected chi connectivity index (χ2v) is 4.92. The van der Waals surface area contributed by atoms with Crippen molar-refractivity contribution >= 4 is 5.91 Å². The number of pyridine rings is 1. The molecule has 1 heterocycles. The summed E-state index contributed by atoms with van der Waals surface area (Å²) in [6, 6.07) is 1.51. The van der Waals surface area contributed by atoms with E-state index in [1.54, 1.807) is 0 Å². The summed E-state index contributed by atoms with van der Waals surface area (Å²) in [5.41, 5.74) is -1.65. The Morgan fingerprint density at radius 1 is 1.38 bits per heavy atom. The molecule has 0 aromatic carbocycles. The molecule has 1 saturated carbocycles. The van der Waals surface area contributed by atoms with Crippen LogP contribution >= 0.6 is 0 Å². The minimum Gasteiger partial charge on any atom is -0.395 e. The van der Waals surface area contributed by atoms with Crippen molar-refractivity contribution in [3.63, 3.8) is 0 Å². The number of nitrogens with zero attached hydrogens (tertiary/aromatic N) is 2. The topological polar surface area (TPSA) is 62.5 Å². The number of carbonyl (C=O) groups is 1. The third-order valence-corrected chi connectivity index (χ3v) is 3.27. The van der Waals surface area contributed by atoms with Crippen LogP contribution in [0.1, 0.15) is 18.4 Å². The fraction of sp³-hybridized carbons (Fsp3) is 0.538. The van der Waals surface area contributed by atoms with Crippen LogP contribution in [-0.2, 0) is 17.5 Å². The van der Waals surface area contributed by atoms with Crippen LogP contribution in [0.4, 0.5) is 13.2 Å². The predicted octanol–water partition coefficient (Wildman–Crippen LogP) is 0.850. The van der Waals surface area contributed by atoms with Crippen LogP contribution in [0, 0.1) is 0 Å². The molecule has 2 rings (SSSR count). The van der Waals surface area contributed by atoms with Crippen molar-refractivity contribution in [2.45, 2.75) is 31.6 Å². The molecular formula is C13H15F3N2O3. The van der Waals surface area contributed by atoms with Gasteiger partial charge in [-0.05, 0) is 18.9 Å². The molecular weight excluding hydrogens is 289 g/mol. The Hall–Kier alpha value is -1.83. The number of alkyl halides is 3. The van der Waals surface area contributed by atoms with Gasteiger partial charge in [0, 0.05) is 24.8 Å². The average Bonchev–Trinajstić information content (AvgIpc) is 3.21. The maximum Gasteiger partial charge on any atom is 0.417 e. The molecule has 1 amide bonds. The predicted molar refractivity (Wildman–Crippen MR) is 67.5 cm³/mol. The van der Waals surface area contributed by atoms with Crippen LogP contribution in [0.15, 0.2) is 23.1 Å². The van der Waals surface area contributed by atoms with E-state index in [2.05, 4.69) is 0 Å². The van der Waals surface area contributed by atoms with E-state index in [-0.39, 0.29) is 19.2 Å². The highest BCUT2D eigenvalue weighted by Crippen LogP contribution is 2.28. The lowest BCUT2D eigenvalue weighted by Gasteiger charge is -2.22. The Balaban J connectivity index is 2.18. The first-order chi connectivity index (χ1) is 9.82. The van der Waals surface area contributed by atoms with Crippen molar-refractivity contribution in [1.29, 1.82) is 0 Å². The highest BCUT2D eigenvalue weighted by Gasteiger charge is 2.33. The van der Waals surface area contributed by atoms with Crippen LogP contribution < -0.4 is 5.56 Å². The normalized spacial score (nSPS) is 15.0. The van der Waals surface area contributed by atoms with Gasteiger partial charge >= 0.3 is 6.18 Å². The molecule has 0 unspecified atom stereocenters. The number of hydrogen-bond acceptors (Lipinski definition) is 3. The average molecular weight is 304 g/mol. The molecule has 21 heavy (non-hydrogen) atoms. The Labute approximate surface area is 118 Å². The van der Waals surface area contributed by atoms with Gasteiger partial charge in [-0.3, -0.25) is 9.59 Å². The van der Waals surface area contributed by atoms with Crippen LogP contribution in [0.3, 0.4) is 0 Å². The summed E-state index contributed by atoms with van der Waals surface area (Å²) in [7, 11) is 0. The van der Waals surface area contributed by atoms with Gasteiger partial charge in [0.05, 0.1) is 12.2 Å². The maximum atomic E-state index is 12.6. The molecule has 8 heteroatoms. The van der Waals surface area contributed by atoms with Crippen molar-refractivity contribution < 1.29 is 23.1 Å². The number of carbonyl (C=O) groups excluding carboxylic acids is 1. The number of aliphatic hydroxyl groups excluding tert-OH is 1. The van der Waals surface area contributed by atoms with Crippen LogP contribution in [0.25, 0.3) is 0 Å². The molecule has 0 spiro atoms. The van der Waals surface area contributed by atoms with Crippen molar-refractivity contribution in [3.05, 3.63) is 34.2 Å². The Kier molecular flexibility index (Phi) is 4.36. The Bertz CT molecular complexity index is 579. The third-order valence-electron chi connectivity index (χ3n) is 3.27. The van der Waals surface area contributed by atoms with E-state index in [1.807, 2.05) is 0 Å². The number of rotatable bonds is 5. The summed E-state index contributed by atoms with van der Waals surface area (Å²) in [5, 5.41) is 8.92. The zero-order valence-corrected chi connectivity index (χ0v) is 11.1. The fourth-order valence-corrected chi connectivity index (χ4v) is 2.06. The smallest absolute Gasteiger partial charge is 0.395 e. The first kappa shape index (κ1) is 15.6. The molecule has 1 N–H and O–H groups in total. The minimum absolute atomic E-state index is 0.0196. The number of amides is 1. The van der Waals surface area contributed by atoms with Gasteiger partial charge in [0.1, 0.15) is 6.54 Å². The lowest BCUT2D eigenvalue weighted by molar-refractivity contribution is -0.139. The zero-order chi connectivity index (χ0) is 15.6. The summed E-state index contributed by atoms with van der Waals surface area (Å²) in [6.45, 7) is -0.559. The highest BCUT2D eigenvalue weighted by atomic mass is 19.4. The van der Waals surface area contributed by atoms with Gasteiger partial charge < -0.3 is 14.6 Å². The van der Waals surface area contributed by atoms with E-state index < -0.39 is 29.8 Å². The van der Waals surface area contributed by atoms with Gasteiger partial charge in [-0.25, -0.2) is 0 Å². The molecule has 1 fully saturated rings. The number of aromatic nitrogens is 1. The first-order valence-electron chi connectivity index (χ1n) is 6.51. The van der Waals surface area contributed by atoms with E-state index in [0.717, 1.165) is 23.5 Å². The van der Waals surface area contributed by atoms with Crippen LogP contribution in [-0.4, -0.2) is 39.7 Å². The van der Waals surface area contributed by atoms with Crippen LogP contribution in [0.5, 0.6) is 0 Å². The molecule has 116 valence electrons. The van der Waals surface area contributed by atoms with Gasteiger partial charge in [0.25, 0.3) is 5.56 Å². The molecule has 5 nitrogen and oxygen atoms in total. The summed E-state index contributed by atoms with van der Waals surface area (Å²) >= 11 is 0. The molecule has 0 saturated heterocycles. The molecule has 1 aliphatic rings. The molecule has 1 aromatic heterocycles. The van der Waals surface area contributed by atoms with Gasteiger partial charge in [0.2, 0.25) is 5.91 Å². The van der Waals surface area contributed by atoms with Gasteiger partial charge in [-0.15, -0.1) is 0 Å². The Morgan fingerprint density at radius 3 is 2.57 bits per heavy atom. The summed E-state index contributed by atoms with van der Waals surface area (Å²) < 4.78 is 38.6. The SMILES string of the molecule is O=C(Cn1cc(C(F)(F)F)ccc1=O)N(CCO)C1CC1. The monoisotopic (exact) mass is 304 g/mol. The van der Waals surface area contributed by atoms with E-state index in [9.17, 15) is 22.8 Å². The summed E-state index contributed by atoms with van der Waals surface area (Å²) in [5.74, 6) is -0.465. The third kappa shape index (κ3) is 3.84. The highest BCUT2D eigenvalue weighted by molar-refractivity contribution is 5.76. The largest absolute Gasteiger partial charge is 0.417 e. The quantitative estimate of drug-likeness (QED) is 0.877. The van der Waals surface area contributed by atoms with Crippen molar-refractivity contribution in [2.24, 2.45) is 0 Å². The van der Waals surface area contributed by atoms with Gasteiger partial charge in [-0.2, -0.15) is 13.2 Å². The lowest BCUT2D eigenvalue weighted by atomic mass is 10.2. The maximum absolute atomic E-state index is 12.6. The van der Waals surface area contributed by atoms with Gasteiger partial charge in [0.15, 0.2) is 0 Å². The number of halogens is 3. The number of aliphatic hydroxyl groups is 1. The molecule has 1 aliphatic carbocycles. The second kappa shape index (κ2) is 5.88. The van der Waals surface area contributed by atoms with Gasteiger partial charge in [-0.1, -0.05) is 0 Å². The zero-order valence-electron chi connectivity index (χ0n) is 11.1. The molecule has 0 atom stereocenters. The van der Waals surface area contributed by atoms with Crippen molar-refractivity contribution in [2.75, 3.05) is 13.2 Å². The van der Waals surface area contributed by atoms with Crippen molar-refractivity contribution in [3.8, 4) is 0 Å². The summed E-state index contributed by atoms with van der Waals surface area (Å²) in [6.07, 6.45) is -2.31. The molecule has 1 aromatic rings. The van der Waals surface area contributed by atoms with E-state index >= 15 is 0 Å². The molecule has 0 radical (unpaired) electrons. The van der Waals surface area contributed by atoms with Crippen LogP contribution in [0.2, 0.25) is 0 Å². The van der Waals surface area contributed by atoms with E-state index in [4.69, 9.17) is 5.11 Å². The Morgan fingerprint density at radius 2 is 2.05 bits per heavy atom. The fourth-order valence-electron chi connectivity index (χ4n) is 2.06. The van der Waals surface area contributed by atoms with E-state index in [0.29, 0.717) is 12.3 Å². The summed E-state index contributed by atoms with van der Waals surface area (Å²) in [4.78, 5) is 25.1. The first-order valence-corrected chi connectivity index (χ1v) is 6.51. The van der Waals surface area contributed by atoms with Crippen molar-refractivity contribution in [1.82, 2.24) is 9.47 Å². The van der Waals surface area contributed by atoms with E-state index in [1.165, 1.54) is 4.90 Å². The lowest BCUT2D eigenvalue weighted by Crippen LogP contribution is -2.39. The number of hydrogen-bond donors (Lipinski definition) is 1. The standard InChI is InChI=1S/C13H15F3N2O3/c14-13(15,16)9-1-4-11(20)17(7-9)8-12(21)18(5-6-19)10-2-3-10/h1,4,7,10,19H,2-3,5-6,8H2.